The fourth-order valence-electron chi connectivity index (χ4n) is 3.89. The number of aromatic nitrogens is 1. The van der Waals surface area contributed by atoms with Crippen molar-refractivity contribution in [3.8, 4) is 0 Å². The molecule has 1 aliphatic heterocycles. The third kappa shape index (κ3) is 2.79. The molecule has 3 rings (SSSR count). The van der Waals surface area contributed by atoms with Crippen molar-refractivity contribution in [2.45, 2.75) is 64.1 Å². The number of rotatable bonds is 2. The smallest absolute Gasteiger partial charge is 0.255 e. The number of likely N-dealkylation sites (N-methyl/N-ethyl adjacent to an activating group) is 1. The summed E-state index contributed by atoms with van der Waals surface area (Å²) in [6.07, 6.45) is 7.07. The van der Waals surface area contributed by atoms with Crippen LogP contribution in [0.4, 0.5) is 0 Å². The van der Waals surface area contributed by atoms with Gasteiger partial charge >= 0.3 is 0 Å². The van der Waals surface area contributed by atoms with Gasteiger partial charge in [-0.15, -0.1) is 0 Å². The second kappa shape index (κ2) is 5.93. The van der Waals surface area contributed by atoms with Crippen LogP contribution >= 0.6 is 0 Å². The molecule has 1 aromatic heterocycles. The molecule has 0 bridgehead atoms. The van der Waals surface area contributed by atoms with E-state index in [1.54, 1.807) is 0 Å². The van der Waals surface area contributed by atoms with Crippen LogP contribution in [0, 0.1) is 0 Å². The summed E-state index contributed by atoms with van der Waals surface area (Å²) in [4.78, 5) is 15.3. The van der Waals surface area contributed by atoms with Gasteiger partial charge in [0.2, 0.25) is 0 Å². The minimum atomic E-state index is -0.190. The molecule has 4 heteroatoms. The van der Waals surface area contributed by atoms with E-state index in [4.69, 9.17) is 5.73 Å². The molecule has 1 saturated carbocycles. The third-order valence-corrected chi connectivity index (χ3v) is 5.06. The zero-order valence-electron chi connectivity index (χ0n) is 13.3. The van der Waals surface area contributed by atoms with Gasteiger partial charge in [0.05, 0.1) is 0 Å². The normalized spacial score (nSPS) is 22.0. The van der Waals surface area contributed by atoms with Gasteiger partial charge in [-0.2, -0.15) is 0 Å². The Balaban J connectivity index is 2.13. The summed E-state index contributed by atoms with van der Waals surface area (Å²) >= 11 is 0. The van der Waals surface area contributed by atoms with Crippen LogP contribution in [0.25, 0.3) is 0 Å². The standard InChI is InChI=1S/C17H27N3O/c1-12(18)15-10-13-11-19(2)9-8-16(13)20(17(15)21)14-6-4-3-5-7-14/h10,12,14H,3-9,11,18H2,1-2H3. The maximum absolute atomic E-state index is 12.9. The zero-order valence-corrected chi connectivity index (χ0v) is 13.3. The van der Waals surface area contributed by atoms with Gasteiger partial charge in [-0.25, -0.2) is 0 Å². The zero-order chi connectivity index (χ0) is 15.0. The maximum atomic E-state index is 12.9. The Bertz CT molecular complexity index is 570. The summed E-state index contributed by atoms with van der Waals surface area (Å²) in [5.41, 5.74) is 9.59. The van der Waals surface area contributed by atoms with Crippen LogP contribution in [-0.2, 0) is 13.0 Å². The lowest BCUT2D eigenvalue weighted by Crippen LogP contribution is -2.38. The van der Waals surface area contributed by atoms with E-state index in [9.17, 15) is 4.79 Å². The molecule has 0 saturated heterocycles. The first-order valence-electron chi connectivity index (χ1n) is 8.29. The van der Waals surface area contributed by atoms with E-state index in [0.29, 0.717) is 6.04 Å². The molecule has 1 atom stereocenters. The summed E-state index contributed by atoms with van der Waals surface area (Å²) in [5, 5.41) is 0. The lowest BCUT2D eigenvalue weighted by atomic mass is 9.92. The van der Waals surface area contributed by atoms with E-state index < -0.39 is 0 Å². The highest BCUT2D eigenvalue weighted by Gasteiger charge is 2.26. The Morgan fingerprint density at radius 2 is 2.00 bits per heavy atom. The average Bonchev–Trinajstić information content (AvgIpc) is 2.47. The molecule has 0 radical (unpaired) electrons. The lowest BCUT2D eigenvalue weighted by Gasteiger charge is -2.33. The van der Waals surface area contributed by atoms with Crippen molar-refractivity contribution in [2.24, 2.45) is 5.73 Å². The SMILES string of the molecule is CC(N)c1cc2c(n(C3CCCCC3)c1=O)CCN(C)C2. The molecule has 2 N–H and O–H groups in total. The monoisotopic (exact) mass is 289 g/mol. The predicted octanol–water partition coefficient (Wildman–Crippen LogP) is 2.36. The number of fused-ring (bicyclic) bond motifs is 1. The van der Waals surface area contributed by atoms with Gasteiger partial charge in [0.15, 0.2) is 0 Å². The Kier molecular flexibility index (Phi) is 4.18. The van der Waals surface area contributed by atoms with Crippen molar-refractivity contribution in [1.29, 1.82) is 0 Å². The average molecular weight is 289 g/mol. The second-order valence-corrected chi connectivity index (χ2v) is 6.82. The van der Waals surface area contributed by atoms with E-state index >= 15 is 0 Å². The van der Waals surface area contributed by atoms with Crippen LogP contribution in [0.2, 0.25) is 0 Å². The highest BCUT2D eigenvalue weighted by atomic mass is 16.1. The van der Waals surface area contributed by atoms with Crippen LogP contribution in [0.1, 0.15) is 67.9 Å². The Morgan fingerprint density at radius 1 is 1.29 bits per heavy atom. The Labute approximate surface area is 126 Å². The van der Waals surface area contributed by atoms with Crippen molar-refractivity contribution in [1.82, 2.24) is 9.47 Å². The molecular weight excluding hydrogens is 262 g/mol. The van der Waals surface area contributed by atoms with Gasteiger partial charge < -0.3 is 15.2 Å². The molecule has 1 aromatic rings. The van der Waals surface area contributed by atoms with Gasteiger partial charge in [0.25, 0.3) is 5.56 Å². The van der Waals surface area contributed by atoms with E-state index in [2.05, 4.69) is 22.6 Å². The fourth-order valence-corrected chi connectivity index (χ4v) is 3.89. The molecule has 21 heavy (non-hydrogen) atoms. The highest BCUT2D eigenvalue weighted by Crippen LogP contribution is 2.31. The third-order valence-electron chi connectivity index (χ3n) is 5.06. The van der Waals surface area contributed by atoms with Gasteiger partial charge in [-0.3, -0.25) is 4.79 Å². The number of pyridine rings is 1. The summed E-state index contributed by atoms with van der Waals surface area (Å²) in [6.45, 7) is 3.89. The van der Waals surface area contributed by atoms with E-state index in [-0.39, 0.29) is 11.6 Å². The number of nitrogens with zero attached hydrogens (tertiary/aromatic N) is 2. The molecule has 0 amide bonds. The van der Waals surface area contributed by atoms with Crippen LogP contribution in [0.3, 0.4) is 0 Å². The van der Waals surface area contributed by atoms with E-state index in [1.165, 1.54) is 30.5 Å². The van der Waals surface area contributed by atoms with Crippen LogP contribution < -0.4 is 11.3 Å². The lowest BCUT2D eigenvalue weighted by molar-refractivity contribution is 0.285. The quantitative estimate of drug-likeness (QED) is 0.909. The molecule has 0 spiro atoms. The summed E-state index contributed by atoms with van der Waals surface area (Å²) in [6, 6.07) is 2.27. The molecule has 4 nitrogen and oxygen atoms in total. The first-order chi connectivity index (χ1) is 10.1. The van der Waals surface area contributed by atoms with Crippen molar-refractivity contribution in [3.05, 3.63) is 33.2 Å². The molecule has 116 valence electrons. The first-order valence-corrected chi connectivity index (χ1v) is 8.29. The molecule has 1 aliphatic carbocycles. The minimum Gasteiger partial charge on any atom is -0.324 e. The summed E-state index contributed by atoms with van der Waals surface area (Å²) in [7, 11) is 2.14. The molecule has 1 fully saturated rings. The van der Waals surface area contributed by atoms with Crippen molar-refractivity contribution in [2.75, 3.05) is 13.6 Å². The second-order valence-electron chi connectivity index (χ2n) is 6.82. The summed E-state index contributed by atoms with van der Waals surface area (Å²) in [5.74, 6) is 0. The van der Waals surface area contributed by atoms with Crippen molar-refractivity contribution >= 4 is 0 Å². The minimum absolute atomic E-state index is 0.167. The largest absolute Gasteiger partial charge is 0.324 e. The maximum Gasteiger partial charge on any atom is 0.255 e. The molecule has 0 aromatic carbocycles. The molecule has 1 unspecified atom stereocenters. The van der Waals surface area contributed by atoms with Crippen LogP contribution in [0.15, 0.2) is 10.9 Å². The van der Waals surface area contributed by atoms with Crippen molar-refractivity contribution in [3.63, 3.8) is 0 Å². The van der Waals surface area contributed by atoms with Crippen LogP contribution in [-0.4, -0.2) is 23.1 Å². The molecular formula is C17H27N3O. The predicted molar refractivity (Wildman–Crippen MR) is 85.5 cm³/mol. The number of nitrogens with two attached hydrogens (primary N) is 1. The summed E-state index contributed by atoms with van der Waals surface area (Å²) < 4.78 is 2.13. The van der Waals surface area contributed by atoms with Gasteiger partial charge in [-0.1, -0.05) is 19.3 Å². The number of hydrogen-bond donors (Lipinski definition) is 1. The molecule has 2 aliphatic rings. The van der Waals surface area contributed by atoms with E-state index in [1.807, 2.05) is 6.92 Å². The van der Waals surface area contributed by atoms with Crippen molar-refractivity contribution < 1.29 is 0 Å². The van der Waals surface area contributed by atoms with Gasteiger partial charge in [0.1, 0.15) is 0 Å². The Morgan fingerprint density at radius 3 is 2.67 bits per heavy atom. The fraction of sp³-hybridized carbons (Fsp3) is 0.706. The number of hydrogen-bond acceptors (Lipinski definition) is 3. The highest BCUT2D eigenvalue weighted by molar-refractivity contribution is 5.31. The van der Waals surface area contributed by atoms with Crippen LogP contribution in [0.5, 0.6) is 0 Å². The topological polar surface area (TPSA) is 51.3 Å². The molecule has 2 heterocycles. The van der Waals surface area contributed by atoms with Gasteiger partial charge in [0, 0.05) is 42.9 Å². The first kappa shape index (κ1) is 14.8. The van der Waals surface area contributed by atoms with Gasteiger partial charge in [-0.05, 0) is 38.4 Å². The van der Waals surface area contributed by atoms with E-state index in [0.717, 1.165) is 37.9 Å². The Hall–Kier alpha value is -1.13.